The van der Waals surface area contributed by atoms with E-state index >= 15 is 0 Å². The summed E-state index contributed by atoms with van der Waals surface area (Å²) in [4.78, 5) is 0. The van der Waals surface area contributed by atoms with Crippen molar-refractivity contribution in [2.24, 2.45) is 5.73 Å². The fraction of sp³-hybridized carbons (Fsp3) is 0.250. The Kier molecular flexibility index (Phi) is 3.52. The van der Waals surface area contributed by atoms with Crippen LogP contribution >= 0.6 is 15.9 Å². The Morgan fingerprint density at radius 1 is 1.20 bits per heavy atom. The van der Waals surface area contributed by atoms with E-state index in [0.717, 1.165) is 21.3 Å². The minimum Gasteiger partial charge on any atom is -0.485 e. The molecule has 0 saturated carbocycles. The summed E-state index contributed by atoms with van der Waals surface area (Å²) >= 11 is 3.42. The van der Waals surface area contributed by atoms with Gasteiger partial charge in [-0.15, -0.1) is 0 Å². The van der Waals surface area contributed by atoms with Crippen LogP contribution in [0.3, 0.4) is 0 Å². The summed E-state index contributed by atoms with van der Waals surface area (Å²) in [6.07, 6.45) is 0.237. The van der Waals surface area contributed by atoms with Crippen molar-refractivity contribution in [1.82, 2.24) is 0 Å². The first-order valence-corrected chi connectivity index (χ1v) is 7.31. The van der Waals surface area contributed by atoms with Crippen LogP contribution in [0.15, 0.2) is 40.9 Å². The zero-order valence-corrected chi connectivity index (χ0v) is 12.7. The molecule has 0 aromatic heterocycles. The summed E-state index contributed by atoms with van der Waals surface area (Å²) in [6.45, 7) is 1.94. The van der Waals surface area contributed by atoms with Gasteiger partial charge in [-0.05, 0) is 31.2 Å². The average molecular weight is 336 g/mol. The highest BCUT2D eigenvalue weighted by molar-refractivity contribution is 9.10. The fourth-order valence-corrected chi connectivity index (χ4v) is 2.92. The summed E-state index contributed by atoms with van der Waals surface area (Å²) in [5, 5.41) is 0. The Balaban J connectivity index is 2.00. The van der Waals surface area contributed by atoms with Gasteiger partial charge in [-0.25, -0.2) is 4.39 Å². The molecule has 3 rings (SSSR count). The van der Waals surface area contributed by atoms with Crippen LogP contribution in [-0.2, 0) is 0 Å². The molecule has 2 aromatic rings. The predicted octanol–water partition coefficient (Wildman–Crippen LogP) is 4.42. The molecule has 2 unspecified atom stereocenters. The molecule has 0 bridgehead atoms. The SMILES string of the molecule is Cc1ccc(F)c(C2CC(N)c3ccc(Br)cc3O2)c1. The molecular formula is C16H15BrFNO. The molecular weight excluding hydrogens is 321 g/mol. The maximum Gasteiger partial charge on any atom is 0.130 e. The molecule has 4 heteroatoms. The van der Waals surface area contributed by atoms with Gasteiger partial charge in [0.1, 0.15) is 17.7 Å². The van der Waals surface area contributed by atoms with E-state index in [4.69, 9.17) is 10.5 Å². The normalized spacial score (nSPS) is 21.2. The largest absolute Gasteiger partial charge is 0.485 e. The van der Waals surface area contributed by atoms with Gasteiger partial charge in [-0.1, -0.05) is 33.6 Å². The second-order valence-electron chi connectivity index (χ2n) is 5.16. The molecule has 0 fully saturated rings. The zero-order chi connectivity index (χ0) is 14.3. The Hall–Kier alpha value is -1.39. The average Bonchev–Trinajstić information content (AvgIpc) is 2.41. The van der Waals surface area contributed by atoms with Crippen LogP contribution in [0.1, 0.15) is 35.3 Å². The van der Waals surface area contributed by atoms with Crippen molar-refractivity contribution in [3.63, 3.8) is 0 Å². The van der Waals surface area contributed by atoms with Crippen LogP contribution < -0.4 is 10.5 Å². The molecule has 2 atom stereocenters. The predicted molar refractivity (Wildman–Crippen MR) is 80.2 cm³/mol. The lowest BCUT2D eigenvalue weighted by atomic mass is 9.93. The zero-order valence-electron chi connectivity index (χ0n) is 11.1. The third-order valence-electron chi connectivity index (χ3n) is 3.61. The standard InChI is InChI=1S/C16H15BrFNO/c1-9-2-5-13(18)12(6-9)16-8-14(19)11-4-3-10(17)7-15(11)20-16/h2-7,14,16H,8,19H2,1H3. The first-order chi connectivity index (χ1) is 9.54. The van der Waals surface area contributed by atoms with E-state index in [1.807, 2.05) is 31.2 Å². The van der Waals surface area contributed by atoms with Crippen molar-refractivity contribution in [3.05, 3.63) is 63.4 Å². The summed E-state index contributed by atoms with van der Waals surface area (Å²) < 4.78 is 20.9. The number of aryl methyl sites for hydroxylation is 1. The number of ether oxygens (including phenoxy) is 1. The van der Waals surface area contributed by atoms with Crippen LogP contribution in [0.2, 0.25) is 0 Å². The molecule has 2 aromatic carbocycles. The van der Waals surface area contributed by atoms with E-state index < -0.39 is 0 Å². The molecule has 0 aliphatic carbocycles. The van der Waals surface area contributed by atoms with E-state index in [1.54, 1.807) is 6.07 Å². The highest BCUT2D eigenvalue weighted by atomic mass is 79.9. The Morgan fingerprint density at radius 2 is 2.00 bits per heavy atom. The van der Waals surface area contributed by atoms with Crippen LogP contribution in [0.25, 0.3) is 0 Å². The van der Waals surface area contributed by atoms with E-state index in [9.17, 15) is 4.39 Å². The van der Waals surface area contributed by atoms with Crippen molar-refractivity contribution >= 4 is 15.9 Å². The molecule has 0 spiro atoms. The summed E-state index contributed by atoms with van der Waals surface area (Å²) in [5.41, 5.74) is 8.75. The minimum atomic E-state index is -0.341. The van der Waals surface area contributed by atoms with Crippen LogP contribution in [-0.4, -0.2) is 0 Å². The maximum atomic E-state index is 14.0. The van der Waals surface area contributed by atoms with Gasteiger partial charge < -0.3 is 10.5 Å². The molecule has 2 nitrogen and oxygen atoms in total. The molecule has 104 valence electrons. The lowest BCUT2D eigenvalue weighted by Crippen LogP contribution is -2.24. The minimum absolute atomic E-state index is 0.142. The Labute approximate surface area is 125 Å². The monoisotopic (exact) mass is 335 g/mol. The highest BCUT2D eigenvalue weighted by Gasteiger charge is 2.28. The molecule has 0 amide bonds. The molecule has 1 aliphatic heterocycles. The second-order valence-corrected chi connectivity index (χ2v) is 6.07. The van der Waals surface area contributed by atoms with Crippen LogP contribution in [0, 0.1) is 12.7 Å². The quantitative estimate of drug-likeness (QED) is 0.837. The van der Waals surface area contributed by atoms with E-state index in [1.165, 1.54) is 6.07 Å². The number of rotatable bonds is 1. The number of halogens is 2. The van der Waals surface area contributed by atoms with Gasteiger partial charge in [0.2, 0.25) is 0 Å². The third-order valence-corrected chi connectivity index (χ3v) is 4.10. The van der Waals surface area contributed by atoms with Crippen molar-refractivity contribution in [3.8, 4) is 5.75 Å². The van der Waals surface area contributed by atoms with Crippen molar-refractivity contribution < 1.29 is 9.13 Å². The Morgan fingerprint density at radius 3 is 2.80 bits per heavy atom. The summed E-state index contributed by atoms with van der Waals surface area (Å²) in [7, 11) is 0. The lowest BCUT2D eigenvalue weighted by molar-refractivity contribution is 0.157. The topological polar surface area (TPSA) is 35.2 Å². The van der Waals surface area contributed by atoms with Gasteiger partial charge in [-0.3, -0.25) is 0 Å². The molecule has 0 radical (unpaired) electrons. The maximum absolute atomic E-state index is 14.0. The lowest BCUT2D eigenvalue weighted by Gasteiger charge is -2.31. The smallest absolute Gasteiger partial charge is 0.130 e. The number of nitrogens with two attached hydrogens (primary N) is 1. The number of fused-ring (bicyclic) bond motifs is 1. The Bertz CT molecular complexity index is 659. The summed E-state index contributed by atoms with van der Waals surface area (Å²) in [6, 6.07) is 10.7. The number of benzene rings is 2. The van der Waals surface area contributed by atoms with Gasteiger partial charge in [0, 0.05) is 28.1 Å². The molecule has 1 heterocycles. The number of hydrogen-bond donors (Lipinski definition) is 1. The second kappa shape index (κ2) is 5.19. The van der Waals surface area contributed by atoms with Gasteiger partial charge in [-0.2, -0.15) is 0 Å². The van der Waals surface area contributed by atoms with E-state index in [2.05, 4.69) is 15.9 Å². The van der Waals surface area contributed by atoms with Crippen molar-refractivity contribution in [1.29, 1.82) is 0 Å². The third kappa shape index (κ3) is 2.45. The van der Waals surface area contributed by atoms with Crippen LogP contribution in [0.5, 0.6) is 5.75 Å². The van der Waals surface area contributed by atoms with Gasteiger partial charge in [0.15, 0.2) is 0 Å². The number of hydrogen-bond acceptors (Lipinski definition) is 2. The van der Waals surface area contributed by atoms with Crippen LogP contribution in [0.4, 0.5) is 4.39 Å². The van der Waals surface area contributed by atoms with Crippen molar-refractivity contribution in [2.75, 3.05) is 0 Å². The van der Waals surface area contributed by atoms with Gasteiger partial charge in [0.25, 0.3) is 0 Å². The van der Waals surface area contributed by atoms with Gasteiger partial charge in [0.05, 0.1) is 0 Å². The molecule has 2 N–H and O–H groups in total. The molecule has 0 saturated heterocycles. The fourth-order valence-electron chi connectivity index (χ4n) is 2.58. The van der Waals surface area contributed by atoms with E-state index in [-0.39, 0.29) is 18.0 Å². The first kappa shape index (κ1) is 13.6. The molecule has 1 aliphatic rings. The summed E-state index contributed by atoms with van der Waals surface area (Å²) in [5.74, 6) is 0.482. The van der Waals surface area contributed by atoms with E-state index in [0.29, 0.717) is 12.0 Å². The molecule has 20 heavy (non-hydrogen) atoms. The highest BCUT2D eigenvalue weighted by Crippen LogP contribution is 2.41. The van der Waals surface area contributed by atoms with Crippen molar-refractivity contribution in [2.45, 2.75) is 25.5 Å². The van der Waals surface area contributed by atoms with Gasteiger partial charge >= 0.3 is 0 Å². The first-order valence-electron chi connectivity index (χ1n) is 6.52.